The Morgan fingerprint density at radius 3 is 2.38 bits per heavy atom. The predicted octanol–water partition coefficient (Wildman–Crippen LogP) is 3.88. The number of alkyl carbamates (subject to hydrolysis) is 1. The van der Waals surface area contributed by atoms with E-state index in [9.17, 15) is 24.2 Å². The molecule has 0 spiro atoms. The molecule has 0 aromatic heterocycles. The zero-order valence-electron chi connectivity index (χ0n) is 18.3. The number of carbonyl (C=O) groups excluding carboxylic acids is 2. The standard InChI is InChI=1S/C23H29FN2O6/c1-23(2,3)32-22(30)26-18-10-9-16(13-17(18)24)20(28)19(27)11-12-25-21(29)31-14-15-7-5-4-6-8-15/h4-10,13,19-20,27-28H,11-12,14H2,1-3H3,(H,25,29)(H,26,30). The van der Waals surface area contributed by atoms with E-state index in [1.807, 2.05) is 30.3 Å². The molecule has 8 nitrogen and oxygen atoms in total. The van der Waals surface area contributed by atoms with Crippen LogP contribution in [-0.2, 0) is 16.1 Å². The smallest absolute Gasteiger partial charge is 0.412 e. The average molecular weight is 448 g/mol. The topological polar surface area (TPSA) is 117 Å². The number of hydrogen-bond acceptors (Lipinski definition) is 6. The molecule has 0 aliphatic heterocycles. The van der Waals surface area contributed by atoms with Gasteiger partial charge in [-0.25, -0.2) is 14.0 Å². The van der Waals surface area contributed by atoms with Gasteiger partial charge in [0.1, 0.15) is 24.1 Å². The Bertz CT molecular complexity index is 901. The van der Waals surface area contributed by atoms with Crippen LogP contribution in [0.15, 0.2) is 48.5 Å². The number of aliphatic hydroxyl groups excluding tert-OH is 2. The summed E-state index contributed by atoms with van der Waals surface area (Å²) in [6.07, 6.45) is -4.09. The molecule has 0 saturated heterocycles. The summed E-state index contributed by atoms with van der Waals surface area (Å²) in [5.41, 5.74) is 0.108. The molecule has 2 amide bonds. The van der Waals surface area contributed by atoms with Gasteiger partial charge in [-0.2, -0.15) is 0 Å². The first-order chi connectivity index (χ1) is 15.0. The molecule has 0 aliphatic carbocycles. The monoisotopic (exact) mass is 448 g/mol. The minimum absolute atomic E-state index is 0.0150. The SMILES string of the molecule is CC(C)(C)OC(=O)Nc1ccc(C(O)C(O)CCNC(=O)OCc2ccccc2)cc1F. The maximum atomic E-state index is 14.3. The highest BCUT2D eigenvalue weighted by Gasteiger charge is 2.21. The second-order valence-electron chi connectivity index (χ2n) is 8.16. The van der Waals surface area contributed by atoms with E-state index in [0.717, 1.165) is 11.6 Å². The van der Waals surface area contributed by atoms with E-state index in [1.54, 1.807) is 20.8 Å². The van der Waals surface area contributed by atoms with Crippen LogP contribution in [0.3, 0.4) is 0 Å². The van der Waals surface area contributed by atoms with Crippen molar-refractivity contribution in [3.05, 3.63) is 65.5 Å². The molecule has 174 valence electrons. The molecule has 0 aliphatic rings. The van der Waals surface area contributed by atoms with Crippen molar-refractivity contribution in [2.24, 2.45) is 0 Å². The Kier molecular flexibility index (Phi) is 8.98. The molecule has 2 unspecified atom stereocenters. The first kappa shape index (κ1) is 25.1. The van der Waals surface area contributed by atoms with Crippen LogP contribution in [0.2, 0.25) is 0 Å². The third-order valence-electron chi connectivity index (χ3n) is 4.26. The van der Waals surface area contributed by atoms with Crippen LogP contribution in [0.5, 0.6) is 0 Å². The van der Waals surface area contributed by atoms with Gasteiger partial charge in [0.05, 0.1) is 11.8 Å². The number of rotatable bonds is 8. The molecule has 2 aromatic carbocycles. The van der Waals surface area contributed by atoms with Gasteiger partial charge in [0.25, 0.3) is 0 Å². The van der Waals surface area contributed by atoms with Gasteiger partial charge in [0.15, 0.2) is 0 Å². The van der Waals surface area contributed by atoms with Crippen molar-refractivity contribution in [1.29, 1.82) is 0 Å². The molecular formula is C23H29FN2O6. The lowest BCUT2D eigenvalue weighted by molar-refractivity contribution is 0.0135. The number of nitrogens with one attached hydrogen (secondary N) is 2. The first-order valence-electron chi connectivity index (χ1n) is 10.2. The van der Waals surface area contributed by atoms with E-state index in [4.69, 9.17) is 9.47 Å². The molecule has 0 fully saturated rings. The van der Waals surface area contributed by atoms with Gasteiger partial charge < -0.3 is 25.0 Å². The molecular weight excluding hydrogens is 419 g/mol. The van der Waals surface area contributed by atoms with Gasteiger partial charge in [0, 0.05) is 6.54 Å². The van der Waals surface area contributed by atoms with Crippen molar-refractivity contribution in [2.45, 2.75) is 51.6 Å². The Morgan fingerprint density at radius 1 is 1.06 bits per heavy atom. The summed E-state index contributed by atoms with van der Waals surface area (Å²) >= 11 is 0. The van der Waals surface area contributed by atoms with Gasteiger partial charge in [0.2, 0.25) is 0 Å². The number of amides is 2. The fourth-order valence-electron chi connectivity index (χ4n) is 2.71. The fourth-order valence-corrected chi connectivity index (χ4v) is 2.71. The van der Waals surface area contributed by atoms with Crippen molar-refractivity contribution in [2.75, 3.05) is 11.9 Å². The summed E-state index contributed by atoms with van der Waals surface area (Å²) in [6.45, 7) is 5.21. The van der Waals surface area contributed by atoms with Crippen LogP contribution >= 0.6 is 0 Å². The molecule has 32 heavy (non-hydrogen) atoms. The molecule has 2 rings (SSSR count). The highest BCUT2D eigenvalue weighted by atomic mass is 19.1. The third kappa shape index (κ3) is 8.52. The molecule has 9 heteroatoms. The Balaban J connectivity index is 1.80. The zero-order valence-corrected chi connectivity index (χ0v) is 18.3. The van der Waals surface area contributed by atoms with Crippen LogP contribution in [-0.4, -0.2) is 40.6 Å². The molecule has 2 atom stereocenters. The van der Waals surface area contributed by atoms with E-state index < -0.39 is 35.8 Å². The van der Waals surface area contributed by atoms with Crippen LogP contribution in [0, 0.1) is 5.82 Å². The number of halogens is 1. The number of aliphatic hydroxyl groups is 2. The van der Waals surface area contributed by atoms with E-state index in [-0.39, 0.29) is 30.8 Å². The average Bonchev–Trinajstić information content (AvgIpc) is 2.72. The number of hydrogen-bond donors (Lipinski definition) is 4. The van der Waals surface area contributed by atoms with Crippen LogP contribution in [0.4, 0.5) is 19.7 Å². The Hall–Kier alpha value is -3.17. The lowest BCUT2D eigenvalue weighted by atomic mass is 10.0. The summed E-state index contributed by atoms with van der Waals surface area (Å²) in [5.74, 6) is -0.790. The number of anilines is 1. The van der Waals surface area contributed by atoms with Crippen molar-refractivity contribution >= 4 is 17.9 Å². The minimum Gasteiger partial charge on any atom is -0.445 e. The first-order valence-corrected chi connectivity index (χ1v) is 10.2. The molecule has 4 N–H and O–H groups in total. The van der Waals surface area contributed by atoms with E-state index in [1.165, 1.54) is 12.1 Å². The summed E-state index contributed by atoms with van der Waals surface area (Å²) in [4.78, 5) is 23.5. The van der Waals surface area contributed by atoms with E-state index in [0.29, 0.717) is 0 Å². The number of carbonyl (C=O) groups is 2. The quantitative estimate of drug-likeness (QED) is 0.487. The number of benzene rings is 2. The van der Waals surface area contributed by atoms with Crippen LogP contribution in [0.25, 0.3) is 0 Å². The van der Waals surface area contributed by atoms with Crippen LogP contribution in [0.1, 0.15) is 44.4 Å². The predicted molar refractivity (Wildman–Crippen MR) is 116 cm³/mol. The lowest BCUT2D eigenvalue weighted by Gasteiger charge is -2.21. The van der Waals surface area contributed by atoms with Gasteiger partial charge in [-0.1, -0.05) is 36.4 Å². The van der Waals surface area contributed by atoms with Gasteiger partial charge in [-0.05, 0) is 50.5 Å². The van der Waals surface area contributed by atoms with Crippen molar-refractivity contribution in [3.63, 3.8) is 0 Å². The van der Waals surface area contributed by atoms with Gasteiger partial charge in [-0.15, -0.1) is 0 Å². The lowest BCUT2D eigenvalue weighted by Crippen LogP contribution is -2.30. The maximum absolute atomic E-state index is 14.3. The van der Waals surface area contributed by atoms with Crippen molar-refractivity contribution in [3.8, 4) is 0 Å². The number of ether oxygens (including phenoxy) is 2. The summed E-state index contributed by atoms with van der Waals surface area (Å²) in [5, 5.41) is 25.2. The Labute approximate surface area is 186 Å². The maximum Gasteiger partial charge on any atom is 0.412 e. The van der Waals surface area contributed by atoms with Crippen LogP contribution < -0.4 is 10.6 Å². The molecule has 2 aromatic rings. The fraction of sp³-hybridized carbons (Fsp3) is 0.391. The normalized spacial score (nSPS) is 13.1. The third-order valence-corrected chi connectivity index (χ3v) is 4.26. The summed E-state index contributed by atoms with van der Waals surface area (Å²) in [7, 11) is 0. The molecule has 0 saturated carbocycles. The van der Waals surface area contributed by atoms with Gasteiger partial charge >= 0.3 is 12.2 Å². The second-order valence-corrected chi connectivity index (χ2v) is 8.16. The highest BCUT2D eigenvalue weighted by molar-refractivity contribution is 5.85. The van der Waals surface area contributed by atoms with Gasteiger partial charge in [-0.3, -0.25) is 5.32 Å². The summed E-state index contributed by atoms with van der Waals surface area (Å²) in [6, 6.07) is 12.8. The highest BCUT2D eigenvalue weighted by Crippen LogP contribution is 2.24. The minimum atomic E-state index is -1.39. The van der Waals surface area contributed by atoms with Crippen molar-refractivity contribution in [1.82, 2.24) is 5.32 Å². The van der Waals surface area contributed by atoms with Crippen molar-refractivity contribution < 1.29 is 33.7 Å². The molecule has 0 bridgehead atoms. The largest absolute Gasteiger partial charge is 0.445 e. The Morgan fingerprint density at radius 2 is 1.75 bits per heavy atom. The molecule has 0 heterocycles. The zero-order chi connectivity index (χ0) is 23.7. The molecule has 0 radical (unpaired) electrons. The van der Waals surface area contributed by atoms with E-state index >= 15 is 0 Å². The summed E-state index contributed by atoms with van der Waals surface area (Å²) < 4.78 is 24.4. The van der Waals surface area contributed by atoms with E-state index in [2.05, 4.69) is 10.6 Å². The second kappa shape index (κ2) is 11.4.